The van der Waals surface area contributed by atoms with E-state index in [0.29, 0.717) is 0 Å². The third kappa shape index (κ3) is 3.17. The van der Waals surface area contributed by atoms with E-state index < -0.39 is 0 Å². The molecule has 0 bridgehead atoms. The molecule has 2 nitrogen and oxygen atoms in total. The van der Waals surface area contributed by atoms with Gasteiger partial charge < -0.3 is 10.2 Å². The summed E-state index contributed by atoms with van der Waals surface area (Å²) in [5.41, 5.74) is 0.630. The Bertz CT molecular complexity index is 289. The Morgan fingerprint density at radius 1 is 1.08 bits per heavy atom. The maximum atomic E-state index is 9.46. The molecule has 1 rings (SSSR count). The van der Waals surface area contributed by atoms with Crippen LogP contribution in [0, 0.1) is 0 Å². The molecule has 1 aromatic carbocycles. The summed E-state index contributed by atoms with van der Waals surface area (Å²) < 4.78 is 0. The maximum absolute atomic E-state index is 9.46. The van der Waals surface area contributed by atoms with Crippen LogP contribution in [0.15, 0.2) is 18.2 Å². The van der Waals surface area contributed by atoms with Crippen molar-refractivity contribution in [3.8, 4) is 11.5 Å². The molecular weight excluding hydrogens is 359 g/mol. The topological polar surface area (TPSA) is 40.5 Å². The first-order valence-electron chi connectivity index (χ1n) is 3.94. The molecule has 0 atom stereocenters. The van der Waals surface area contributed by atoms with Crippen LogP contribution in [-0.2, 0) is 5.41 Å². The van der Waals surface area contributed by atoms with E-state index >= 15 is 0 Å². The molecule has 0 saturated heterocycles. The van der Waals surface area contributed by atoms with Gasteiger partial charge in [-0.3, -0.25) is 0 Å². The number of benzene rings is 1. The summed E-state index contributed by atoms with van der Waals surface area (Å²) in [5, 5.41) is 18.6. The van der Waals surface area contributed by atoms with Crippen LogP contribution in [0.3, 0.4) is 0 Å². The zero-order valence-corrected chi connectivity index (χ0v) is 13.8. The first kappa shape index (κ1) is 12.7. The first-order valence-corrected chi connectivity index (χ1v) is 3.94. The van der Waals surface area contributed by atoms with Crippen molar-refractivity contribution in [3.63, 3.8) is 0 Å². The zero-order chi connectivity index (χ0) is 9.35. The van der Waals surface area contributed by atoms with Crippen molar-refractivity contribution >= 4 is 27.3 Å². The molecule has 0 fully saturated rings. The van der Waals surface area contributed by atoms with Gasteiger partial charge in [0.1, 0.15) is 11.5 Å². The van der Waals surface area contributed by atoms with E-state index in [9.17, 15) is 10.2 Å². The summed E-state index contributed by atoms with van der Waals surface area (Å²) in [6.07, 6.45) is 0. The van der Waals surface area contributed by atoms with Gasteiger partial charge in [0, 0.05) is 5.56 Å². The second kappa shape index (κ2) is 4.30. The molecule has 0 heterocycles. The SMILES string of the molecule is CC(C)(C)c1cc(O)ccc1O.[PbH2]. The monoisotopic (exact) mass is 376 g/mol. The quantitative estimate of drug-likeness (QED) is 0.533. The van der Waals surface area contributed by atoms with Crippen LogP contribution in [0.2, 0.25) is 0 Å². The second-order valence-corrected chi connectivity index (χ2v) is 3.95. The minimum absolute atomic E-state index is 0. The van der Waals surface area contributed by atoms with Crippen LogP contribution < -0.4 is 0 Å². The van der Waals surface area contributed by atoms with E-state index in [1.165, 1.54) is 12.1 Å². The summed E-state index contributed by atoms with van der Waals surface area (Å²) in [6.45, 7) is 5.96. The summed E-state index contributed by atoms with van der Waals surface area (Å²) in [4.78, 5) is 0. The molecule has 13 heavy (non-hydrogen) atoms. The molecule has 2 radical (unpaired) electrons. The standard InChI is InChI=1S/C10H14O2.Pb.2H/c1-10(2,3)8-6-7(11)4-5-9(8)12;;;/h4-6,11-12H,1-3H3;;;. The van der Waals surface area contributed by atoms with Crippen molar-refractivity contribution in [3.05, 3.63) is 23.8 Å². The van der Waals surface area contributed by atoms with Crippen molar-refractivity contribution in [1.82, 2.24) is 0 Å². The second-order valence-electron chi connectivity index (χ2n) is 3.95. The summed E-state index contributed by atoms with van der Waals surface area (Å²) in [5.74, 6) is 0.429. The number of hydrogen-bond acceptors (Lipinski definition) is 2. The Morgan fingerprint density at radius 3 is 2.00 bits per heavy atom. The molecule has 0 saturated carbocycles. The third-order valence-electron chi connectivity index (χ3n) is 1.79. The van der Waals surface area contributed by atoms with Crippen LogP contribution in [0.1, 0.15) is 26.3 Å². The zero-order valence-electron chi connectivity index (χ0n) is 8.33. The molecule has 0 spiro atoms. The average Bonchev–Trinajstić information content (AvgIpc) is 1.92. The van der Waals surface area contributed by atoms with Crippen LogP contribution in [0.25, 0.3) is 0 Å². The molecule has 0 aliphatic heterocycles. The van der Waals surface area contributed by atoms with Crippen LogP contribution in [0.5, 0.6) is 11.5 Å². The van der Waals surface area contributed by atoms with Crippen LogP contribution >= 0.6 is 0 Å². The van der Waals surface area contributed by atoms with Gasteiger partial charge in [-0.1, -0.05) is 20.8 Å². The predicted molar refractivity (Wildman–Crippen MR) is 57.0 cm³/mol. The third-order valence-corrected chi connectivity index (χ3v) is 1.79. The van der Waals surface area contributed by atoms with Gasteiger partial charge >= 0.3 is 27.3 Å². The van der Waals surface area contributed by atoms with Gasteiger partial charge in [-0.2, -0.15) is 0 Å². The Kier molecular flexibility index (Phi) is 4.22. The minimum atomic E-state index is -0.136. The molecule has 0 aliphatic carbocycles. The van der Waals surface area contributed by atoms with Gasteiger partial charge in [-0.25, -0.2) is 0 Å². The molecule has 0 aliphatic rings. The van der Waals surface area contributed by atoms with Crippen LogP contribution in [0.4, 0.5) is 0 Å². The molecule has 0 aromatic heterocycles. The Balaban J connectivity index is 0.00000144. The normalized spacial score (nSPS) is 10.7. The fourth-order valence-corrected chi connectivity index (χ4v) is 1.12. The van der Waals surface area contributed by atoms with E-state index in [-0.39, 0.29) is 44.2 Å². The number of phenols is 2. The van der Waals surface area contributed by atoms with Gasteiger partial charge in [0.25, 0.3) is 0 Å². The Morgan fingerprint density at radius 2 is 1.62 bits per heavy atom. The van der Waals surface area contributed by atoms with Crippen molar-refractivity contribution in [2.24, 2.45) is 0 Å². The van der Waals surface area contributed by atoms with Gasteiger partial charge in [-0.05, 0) is 23.6 Å². The fraction of sp³-hybridized carbons (Fsp3) is 0.400. The first-order chi connectivity index (χ1) is 5.41. The van der Waals surface area contributed by atoms with E-state index in [1.807, 2.05) is 20.8 Å². The average molecular weight is 375 g/mol. The fourth-order valence-electron chi connectivity index (χ4n) is 1.12. The van der Waals surface area contributed by atoms with E-state index in [4.69, 9.17) is 0 Å². The van der Waals surface area contributed by atoms with Crippen molar-refractivity contribution < 1.29 is 10.2 Å². The molecular formula is C10H16O2Pb. The predicted octanol–water partition coefficient (Wildman–Crippen LogP) is 1.48. The molecule has 3 heteroatoms. The number of phenolic OH excluding ortho intramolecular Hbond substituents is 2. The Labute approximate surface area is 98.8 Å². The van der Waals surface area contributed by atoms with E-state index in [0.717, 1.165) is 5.56 Å². The van der Waals surface area contributed by atoms with Gasteiger partial charge in [0.15, 0.2) is 0 Å². The molecule has 0 unspecified atom stereocenters. The number of hydrogen-bond donors (Lipinski definition) is 2. The van der Waals surface area contributed by atoms with E-state index in [2.05, 4.69) is 0 Å². The van der Waals surface area contributed by atoms with Crippen molar-refractivity contribution in [2.45, 2.75) is 26.2 Å². The number of aromatic hydroxyl groups is 2. The summed E-state index contributed by atoms with van der Waals surface area (Å²) in [6, 6.07) is 4.58. The van der Waals surface area contributed by atoms with Crippen molar-refractivity contribution in [1.29, 1.82) is 0 Å². The number of rotatable bonds is 0. The molecule has 1 aromatic rings. The van der Waals surface area contributed by atoms with Crippen molar-refractivity contribution in [2.75, 3.05) is 0 Å². The van der Waals surface area contributed by atoms with E-state index in [1.54, 1.807) is 6.07 Å². The molecule has 2 N–H and O–H groups in total. The molecule has 0 amide bonds. The van der Waals surface area contributed by atoms with Gasteiger partial charge in [0.05, 0.1) is 0 Å². The molecule has 72 valence electrons. The van der Waals surface area contributed by atoms with Crippen LogP contribution in [-0.4, -0.2) is 37.5 Å². The van der Waals surface area contributed by atoms with Gasteiger partial charge in [-0.15, -0.1) is 0 Å². The van der Waals surface area contributed by atoms with Gasteiger partial charge in [0.2, 0.25) is 0 Å². The summed E-state index contributed by atoms with van der Waals surface area (Å²) >= 11 is 0. The Hall–Kier alpha value is -0.258. The summed E-state index contributed by atoms with van der Waals surface area (Å²) in [7, 11) is 0.